The monoisotopic (exact) mass is 504 g/mol. The number of anilines is 3. The molecule has 0 atom stereocenters. The van der Waals surface area contributed by atoms with Gasteiger partial charge in [0.1, 0.15) is 11.5 Å². The van der Waals surface area contributed by atoms with E-state index in [1.807, 2.05) is 13.8 Å². The molecule has 4 aromatic heterocycles. The zero-order valence-corrected chi connectivity index (χ0v) is 21.6. The molecule has 194 valence electrons. The largest absolute Gasteiger partial charge is 0.386 e. The Labute approximate surface area is 214 Å². The highest BCUT2D eigenvalue weighted by Gasteiger charge is 2.26. The second-order valence-corrected chi connectivity index (χ2v) is 9.01. The normalized spacial score (nSPS) is 13.0. The summed E-state index contributed by atoms with van der Waals surface area (Å²) in [7, 11) is 1.75. The van der Waals surface area contributed by atoms with Gasteiger partial charge in [-0.15, -0.1) is 5.10 Å². The van der Waals surface area contributed by atoms with Crippen molar-refractivity contribution < 1.29 is 9.90 Å². The fourth-order valence-corrected chi connectivity index (χ4v) is 3.65. The summed E-state index contributed by atoms with van der Waals surface area (Å²) in [5, 5.41) is 23.7. The lowest BCUT2D eigenvalue weighted by Crippen LogP contribution is -2.27. The third-order valence-electron chi connectivity index (χ3n) is 5.79. The molecule has 0 spiro atoms. The van der Waals surface area contributed by atoms with Crippen molar-refractivity contribution in [3.8, 4) is 5.82 Å². The van der Waals surface area contributed by atoms with Crippen LogP contribution < -0.4 is 21.5 Å². The van der Waals surface area contributed by atoms with Crippen molar-refractivity contribution in [1.82, 2.24) is 29.5 Å². The van der Waals surface area contributed by atoms with Crippen LogP contribution >= 0.6 is 0 Å². The van der Waals surface area contributed by atoms with E-state index in [9.17, 15) is 14.7 Å². The Morgan fingerprint density at radius 2 is 1.86 bits per heavy atom. The maximum atomic E-state index is 13.2. The van der Waals surface area contributed by atoms with Crippen LogP contribution in [0.3, 0.4) is 0 Å². The first-order valence-corrected chi connectivity index (χ1v) is 12.3. The number of rotatable bonds is 7. The van der Waals surface area contributed by atoms with E-state index in [2.05, 4.69) is 31.0 Å². The molecule has 1 aliphatic carbocycles. The number of imidazole rings is 1. The molecule has 0 aliphatic heterocycles. The van der Waals surface area contributed by atoms with Gasteiger partial charge in [0.25, 0.3) is 11.5 Å². The quantitative estimate of drug-likeness (QED) is 0.301. The van der Waals surface area contributed by atoms with Crippen LogP contribution in [0.2, 0.25) is 0 Å². The maximum absolute atomic E-state index is 13.2. The molecular formula is C26H32N8O3. The van der Waals surface area contributed by atoms with Gasteiger partial charge in [0.05, 0.1) is 17.5 Å². The van der Waals surface area contributed by atoms with Gasteiger partial charge >= 0.3 is 0 Å². The molecule has 4 N–H and O–H groups in total. The van der Waals surface area contributed by atoms with E-state index in [4.69, 9.17) is 0 Å². The molecule has 1 aliphatic rings. The van der Waals surface area contributed by atoms with Crippen molar-refractivity contribution in [1.29, 1.82) is 0 Å². The van der Waals surface area contributed by atoms with Crippen LogP contribution in [0.5, 0.6) is 0 Å². The Hall–Kier alpha value is -4.25. The van der Waals surface area contributed by atoms with Crippen molar-refractivity contribution in [3.05, 3.63) is 70.5 Å². The molecule has 4 aromatic rings. The SMILES string of the molecule is CC.CNc1cc(Nc2cccn(-c3ccc(C(C)(C)O)cn3)c2=O)nn2c(C(=O)NC3CC3)cnc12. The first kappa shape index (κ1) is 25.8. The Kier molecular flexibility index (Phi) is 7.25. The lowest BCUT2D eigenvalue weighted by Gasteiger charge is -2.17. The minimum absolute atomic E-state index is 0.201. The maximum Gasteiger partial charge on any atom is 0.279 e. The second kappa shape index (κ2) is 10.4. The Balaban J connectivity index is 0.00000156. The zero-order valence-electron chi connectivity index (χ0n) is 21.6. The van der Waals surface area contributed by atoms with Crippen LogP contribution in [0.4, 0.5) is 17.2 Å². The topological polar surface area (TPSA) is 138 Å². The number of amides is 1. The fraction of sp³-hybridized carbons (Fsp3) is 0.346. The predicted octanol–water partition coefficient (Wildman–Crippen LogP) is 3.21. The minimum atomic E-state index is -1.03. The molecule has 1 saturated carbocycles. The van der Waals surface area contributed by atoms with E-state index >= 15 is 0 Å². The summed E-state index contributed by atoms with van der Waals surface area (Å²) >= 11 is 0. The van der Waals surface area contributed by atoms with Gasteiger partial charge in [0.2, 0.25) is 0 Å². The van der Waals surface area contributed by atoms with Crippen molar-refractivity contribution in [2.75, 3.05) is 17.7 Å². The van der Waals surface area contributed by atoms with Gasteiger partial charge < -0.3 is 21.1 Å². The number of pyridine rings is 2. The van der Waals surface area contributed by atoms with Gasteiger partial charge in [0.15, 0.2) is 17.2 Å². The molecular weight excluding hydrogens is 472 g/mol. The van der Waals surface area contributed by atoms with Gasteiger partial charge in [-0.05, 0) is 44.9 Å². The molecule has 11 nitrogen and oxygen atoms in total. The molecule has 0 bridgehead atoms. The highest BCUT2D eigenvalue weighted by Crippen LogP contribution is 2.24. The highest BCUT2D eigenvalue weighted by atomic mass is 16.3. The van der Waals surface area contributed by atoms with Crippen molar-refractivity contribution in [2.45, 2.75) is 52.2 Å². The number of carbonyl (C=O) groups is 1. The average molecular weight is 505 g/mol. The minimum Gasteiger partial charge on any atom is -0.386 e. The molecule has 0 radical (unpaired) electrons. The van der Waals surface area contributed by atoms with Crippen molar-refractivity contribution >= 4 is 28.7 Å². The number of aliphatic hydroxyl groups is 1. The summed E-state index contributed by atoms with van der Waals surface area (Å²) in [5.41, 5.74) is 1.02. The standard InChI is InChI=1S/C24H26N8O3.C2H6/c1-24(2,35)14-6-9-20(26-12-14)31-10-4-5-16(23(31)34)29-19-11-17(25-3)21-27-13-18(32(21)30-19)22(33)28-15-7-8-15;1-2/h4-6,9-13,15,25,35H,7-8H2,1-3H3,(H,28,33)(H,29,30);1-2H3. The van der Waals surface area contributed by atoms with Crippen LogP contribution in [0, 0.1) is 0 Å². The molecule has 5 rings (SSSR count). The molecule has 11 heteroatoms. The first-order valence-electron chi connectivity index (χ1n) is 12.3. The van der Waals surface area contributed by atoms with Crippen LogP contribution in [0.15, 0.2) is 53.7 Å². The van der Waals surface area contributed by atoms with E-state index in [0.717, 1.165) is 12.8 Å². The summed E-state index contributed by atoms with van der Waals surface area (Å²) in [6.45, 7) is 7.34. The van der Waals surface area contributed by atoms with Gasteiger partial charge in [0, 0.05) is 37.1 Å². The number of fused-ring (bicyclic) bond motifs is 1. The van der Waals surface area contributed by atoms with Crippen molar-refractivity contribution in [2.24, 2.45) is 0 Å². The third-order valence-corrected chi connectivity index (χ3v) is 5.79. The lowest BCUT2D eigenvalue weighted by molar-refractivity contribution is 0.0782. The number of hydrogen-bond donors (Lipinski definition) is 4. The Morgan fingerprint density at radius 3 is 2.49 bits per heavy atom. The molecule has 0 aromatic carbocycles. The number of hydrogen-bond acceptors (Lipinski definition) is 8. The lowest BCUT2D eigenvalue weighted by atomic mass is 10.0. The van der Waals surface area contributed by atoms with Crippen LogP contribution in [-0.4, -0.2) is 48.3 Å². The number of aromatic nitrogens is 5. The first-order chi connectivity index (χ1) is 17.7. The van der Waals surface area contributed by atoms with Crippen LogP contribution in [0.1, 0.15) is 56.6 Å². The summed E-state index contributed by atoms with van der Waals surface area (Å²) in [6, 6.07) is 8.70. The van der Waals surface area contributed by atoms with E-state index in [1.165, 1.54) is 15.3 Å². The molecule has 0 unspecified atom stereocenters. The fourth-order valence-electron chi connectivity index (χ4n) is 3.65. The Bertz CT molecular complexity index is 1460. The van der Waals surface area contributed by atoms with Crippen molar-refractivity contribution in [3.63, 3.8) is 0 Å². The Morgan fingerprint density at radius 1 is 1.11 bits per heavy atom. The van der Waals surface area contributed by atoms with Gasteiger partial charge in [-0.25, -0.2) is 14.5 Å². The molecule has 1 fully saturated rings. The molecule has 37 heavy (non-hydrogen) atoms. The summed E-state index contributed by atoms with van der Waals surface area (Å²) in [4.78, 5) is 34.5. The highest BCUT2D eigenvalue weighted by molar-refractivity contribution is 5.94. The summed E-state index contributed by atoms with van der Waals surface area (Å²) < 4.78 is 2.87. The van der Waals surface area contributed by atoms with Crippen LogP contribution in [0.25, 0.3) is 11.5 Å². The smallest absolute Gasteiger partial charge is 0.279 e. The molecule has 0 saturated heterocycles. The van der Waals surface area contributed by atoms with Gasteiger partial charge in [-0.3, -0.25) is 14.2 Å². The summed E-state index contributed by atoms with van der Waals surface area (Å²) in [6.07, 6.45) is 6.60. The average Bonchev–Trinajstić information content (AvgIpc) is 3.60. The number of nitrogens with one attached hydrogen (secondary N) is 3. The van der Waals surface area contributed by atoms with E-state index in [0.29, 0.717) is 34.2 Å². The zero-order chi connectivity index (χ0) is 26.7. The van der Waals surface area contributed by atoms with E-state index in [-0.39, 0.29) is 23.2 Å². The third kappa shape index (κ3) is 5.46. The van der Waals surface area contributed by atoms with Crippen LogP contribution in [-0.2, 0) is 5.60 Å². The van der Waals surface area contributed by atoms with Gasteiger partial charge in [-0.1, -0.05) is 19.9 Å². The predicted molar refractivity (Wildman–Crippen MR) is 143 cm³/mol. The van der Waals surface area contributed by atoms with Gasteiger partial charge in [-0.2, -0.15) is 0 Å². The molecule has 4 heterocycles. The number of nitrogens with zero attached hydrogens (tertiary/aromatic N) is 5. The van der Waals surface area contributed by atoms with E-state index < -0.39 is 5.60 Å². The second-order valence-electron chi connectivity index (χ2n) is 9.01. The number of carbonyl (C=O) groups excluding carboxylic acids is 1. The summed E-state index contributed by atoms with van der Waals surface area (Å²) in [5.74, 6) is 0.537. The van der Waals surface area contributed by atoms with E-state index in [1.54, 1.807) is 63.6 Å². The molecule has 1 amide bonds.